The first-order valence-corrected chi connectivity index (χ1v) is 6.84. The number of hydrogen-bond donors (Lipinski definition) is 1. The van der Waals surface area contributed by atoms with Crippen molar-refractivity contribution in [2.24, 2.45) is 5.73 Å². The van der Waals surface area contributed by atoms with Crippen LogP contribution in [0.4, 0.5) is 0 Å². The van der Waals surface area contributed by atoms with E-state index in [0.717, 1.165) is 32.9 Å². The molecule has 0 saturated heterocycles. The smallest absolute Gasteiger partial charge is 0.162 e. The summed E-state index contributed by atoms with van der Waals surface area (Å²) in [5.74, 6) is 2.23. The predicted molar refractivity (Wildman–Crippen MR) is 74.6 cm³/mol. The normalized spacial score (nSPS) is 15.3. The van der Waals surface area contributed by atoms with Gasteiger partial charge in [0.1, 0.15) is 19.0 Å². The van der Waals surface area contributed by atoms with Gasteiger partial charge in [0.2, 0.25) is 0 Å². The van der Waals surface area contributed by atoms with Crippen LogP contribution in [0.25, 0.3) is 0 Å². The Kier molecular flexibility index (Phi) is 3.24. The van der Waals surface area contributed by atoms with Gasteiger partial charge in [-0.3, -0.25) is 0 Å². The number of benzene rings is 1. The maximum atomic E-state index is 6.28. The van der Waals surface area contributed by atoms with E-state index < -0.39 is 0 Å². The molecule has 5 heteroatoms. The summed E-state index contributed by atoms with van der Waals surface area (Å²) in [7, 11) is 0. The topological polar surface area (TPSA) is 57.6 Å². The quantitative estimate of drug-likeness (QED) is 0.922. The highest BCUT2D eigenvalue weighted by atomic mass is 79.9. The van der Waals surface area contributed by atoms with Crippen LogP contribution in [0, 0.1) is 6.92 Å². The van der Waals surface area contributed by atoms with Gasteiger partial charge < -0.3 is 19.6 Å². The van der Waals surface area contributed by atoms with Crippen molar-refractivity contribution in [2.75, 3.05) is 13.2 Å². The maximum Gasteiger partial charge on any atom is 0.162 e. The number of ether oxygens (including phenoxy) is 2. The molecule has 2 heterocycles. The third kappa shape index (κ3) is 2.24. The fraction of sp³-hybridized carbons (Fsp3) is 0.286. The molecule has 3 rings (SSSR count). The summed E-state index contributed by atoms with van der Waals surface area (Å²) in [6, 6.07) is 5.37. The van der Waals surface area contributed by atoms with Gasteiger partial charge in [-0.1, -0.05) is 15.9 Å². The average molecular weight is 324 g/mol. The lowest BCUT2D eigenvalue weighted by Crippen LogP contribution is -2.17. The minimum Gasteiger partial charge on any atom is -0.486 e. The second-order valence-electron chi connectivity index (χ2n) is 4.46. The first kappa shape index (κ1) is 12.6. The van der Waals surface area contributed by atoms with Crippen LogP contribution in [-0.4, -0.2) is 13.2 Å². The fourth-order valence-electron chi connectivity index (χ4n) is 2.16. The summed E-state index contributed by atoms with van der Waals surface area (Å²) in [6.45, 7) is 3.11. The van der Waals surface area contributed by atoms with Crippen molar-refractivity contribution in [1.29, 1.82) is 0 Å². The van der Waals surface area contributed by atoms with E-state index in [2.05, 4.69) is 15.9 Å². The molecule has 0 saturated carbocycles. The highest BCUT2D eigenvalue weighted by molar-refractivity contribution is 9.10. The van der Waals surface area contributed by atoms with Gasteiger partial charge >= 0.3 is 0 Å². The number of aryl methyl sites for hydroxylation is 1. The van der Waals surface area contributed by atoms with Crippen LogP contribution in [-0.2, 0) is 0 Å². The molecule has 0 amide bonds. The van der Waals surface area contributed by atoms with Crippen LogP contribution in [0.15, 0.2) is 33.4 Å². The van der Waals surface area contributed by atoms with Crippen LogP contribution in [0.5, 0.6) is 11.5 Å². The summed E-state index contributed by atoms with van der Waals surface area (Å²) >= 11 is 3.53. The van der Waals surface area contributed by atoms with Gasteiger partial charge in [-0.25, -0.2) is 0 Å². The molecule has 100 valence electrons. The van der Waals surface area contributed by atoms with Crippen LogP contribution in [0.2, 0.25) is 0 Å². The zero-order valence-electron chi connectivity index (χ0n) is 10.5. The van der Waals surface area contributed by atoms with Gasteiger partial charge in [-0.2, -0.15) is 0 Å². The Labute approximate surface area is 119 Å². The van der Waals surface area contributed by atoms with Crippen molar-refractivity contribution in [2.45, 2.75) is 13.0 Å². The lowest BCUT2D eigenvalue weighted by molar-refractivity contribution is 0.171. The van der Waals surface area contributed by atoms with Gasteiger partial charge in [0, 0.05) is 4.47 Å². The Morgan fingerprint density at radius 2 is 1.89 bits per heavy atom. The molecule has 1 unspecified atom stereocenters. The second kappa shape index (κ2) is 4.90. The first-order chi connectivity index (χ1) is 9.16. The zero-order chi connectivity index (χ0) is 13.4. The average Bonchev–Trinajstić information content (AvgIpc) is 2.83. The van der Waals surface area contributed by atoms with E-state index in [4.69, 9.17) is 19.6 Å². The summed E-state index contributed by atoms with van der Waals surface area (Å²) in [6.07, 6.45) is 1.65. The molecule has 0 aliphatic carbocycles. The van der Waals surface area contributed by atoms with Crippen LogP contribution in [0.1, 0.15) is 22.9 Å². The molecule has 1 aromatic carbocycles. The lowest BCUT2D eigenvalue weighted by atomic mass is 10.0. The molecule has 0 spiro atoms. The van der Waals surface area contributed by atoms with E-state index in [9.17, 15) is 0 Å². The fourth-order valence-corrected chi connectivity index (χ4v) is 2.73. The van der Waals surface area contributed by atoms with Crippen LogP contribution in [0.3, 0.4) is 0 Å². The minimum absolute atomic E-state index is 0.333. The van der Waals surface area contributed by atoms with Crippen molar-refractivity contribution in [3.05, 3.63) is 45.8 Å². The van der Waals surface area contributed by atoms with Crippen molar-refractivity contribution < 1.29 is 13.9 Å². The molecule has 0 fully saturated rings. The Bertz CT molecular complexity index is 609. The molecule has 0 radical (unpaired) electrons. The number of rotatable bonds is 2. The predicted octanol–water partition coefficient (Wildman–Crippen LogP) is 3.17. The Balaban J connectivity index is 2.03. The molecule has 1 aromatic heterocycles. The standard InChI is InChI=1S/C14H14BrNO3/c1-8-2-3-19-14(8)13(16)9-6-11-12(7-10(9)15)18-5-4-17-11/h2-3,6-7,13H,4-5,16H2,1H3. The van der Waals surface area contributed by atoms with Gasteiger partial charge in [0.05, 0.1) is 12.3 Å². The highest BCUT2D eigenvalue weighted by Gasteiger charge is 2.21. The number of halogens is 1. The van der Waals surface area contributed by atoms with Crippen molar-refractivity contribution in [3.63, 3.8) is 0 Å². The Hall–Kier alpha value is -1.46. The lowest BCUT2D eigenvalue weighted by Gasteiger charge is -2.21. The minimum atomic E-state index is -0.333. The van der Waals surface area contributed by atoms with E-state index in [1.54, 1.807) is 6.26 Å². The van der Waals surface area contributed by atoms with Crippen molar-refractivity contribution in [3.8, 4) is 11.5 Å². The van der Waals surface area contributed by atoms with Gasteiger partial charge in [0.25, 0.3) is 0 Å². The molecule has 0 bridgehead atoms. The van der Waals surface area contributed by atoms with E-state index in [1.807, 2.05) is 25.1 Å². The summed E-state index contributed by atoms with van der Waals surface area (Å²) < 4.78 is 17.5. The molecular weight excluding hydrogens is 310 g/mol. The number of furan rings is 1. The molecule has 1 aliphatic heterocycles. The summed E-state index contributed by atoms with van der Waals surface area (Å²) in [5, 5.41) is 0. The third-order valence-electron chi connectivity index (χ3n) is 3.18. The van der Waals surface area contributed by atoms with Gasteiger partial charge in [-0.15, -0.1) is 0 Å². The van der Waals surface area contributed by atoms with E-state index in [1.165, 1.54) is 0 Å². The monoisotopic (exact) mass is 323 g/mol. The first-order valence-electron chi connectivity index (χ1n) is 6.05. The highest BCUT2D eigenvalue weighted by Crippen LogP contribution is 2.39. The summed E-state index contributed by atoms with van der Waals surface area (Å²) in [4.78, 5) is 0. The van der Waals surface area contributed by atoms with Crippen LogP contribution >= 0.6 is 15.9 Å². The van der Waals surface area contributed by atoms with Crippen molar-refractivity contribution >= 4 is 15.9 Å². The molecule has 2 aromatic rings. The molecule has 2 N–H and O–H groups in total. The molecule has 1 atom stereocenters. The van der Waals surface area contributed by atoms with E-state index in [-0.39, 0.29) is 6.04 Å². The molecule has 4 nitrogen and oxygen atoms in total. The molecular formula is C14H14BrNO3. The molecule has 1 aliphatic rings. The largest absolute Gasteiger partial charge is 0.486 e. The Morgan fingerprint density at radius 3 is 2.53 bits per heavy atom. The van der Waals surface area contributed by atoms with E-state index >= 15 is 0 Å². The van der Waals surface area contributed by atoms with E-state index in [0.29, 0.717) is 13.2 Å². The van der Waals surface area contributed by atoms with Crippen LogP contribution < -0.4 is 15.2 Å². The third-order valence-corrected chi connectivity index (χ3v) is 3.87. The van der Waals surface area contributed by atoms with Crippen molar-refractivity contribution in [1.82, 2.24) is 0 Å². The van der Waals surface area contributed by atoms with Gasteiger partial charge in [0.15, 0.2) is 11.5 Å². The maximum absolute atomic E-state index is 6.28. The number of hydrogen-bond acceptors (Lipinski definition) is 4. The number of nitrogens with two attached hydrogens (primary N) is 1. The SMILES string of the molecule is Cc1ccoc1C(N)c1cc2c(cc1Br)OCCO2. The number of fused-ring (bicyclic) bond motifs is 1. The molecule has 19 heavy (non-hydrogen) atoms. The Morgan fingerprint density at radius 1 is 1.21 bits per heavy atom. The summed E-state index contributed by atoms with van der Waals surface area (Å²) in [5.41, 5.74) is 8.23. The van der Waals surface area contributed by atoms with Gasteiger partial charge in [-0.05, 0) is 36.2 Å². The zero-order valence-corrected chi connectivity index (χ0v) is 12.1. The second-order valence-corrected chi connectivity index (χ2v) is 5.32.